The van der Waals surface area contributed by atoms with Gasteiger partial charge < -0.3 is 10.6 Å². The first-order chi connectivity index (χ1) is 11.9. The van der Waals surface area contributed by atoms with Crippen LogP contribution < -0.4 is 10.6 Å². The van der Waals surface area contributed by atoms with Crippen LogP contribution >= 0.6 is 11.8 Å². The van der Waals surface area contributed by atoms with Crippen LogP contribution in [0, 0.1) is 13.8 Å². The molecule has 0 saturated heterocycles. The Kier molecular flexibility index (Phi) is 7.07. The molecule has 25 heavy (non-hydrogen) atoms. The molecule has 0 aliphatic heterocycles. The monoisotopic (exact) mass is 356 g/mol. The van der Waals surface area contributed by atoms with E-state index in [0.29, 0.717) is 6.54 Å². The number of thioether (sulfide) groups is 1. The molecule has 132 valence electrons. The lowest BCUT2D eigenvalue weighted by Gasteiger charge is -2.12. The first-order valence-electron chi connectivity index (χ1n) is 8.25. The molecule has 0 fully saturated rings. The van der Waals surface area contributed by atoms with Crippen LogP contribution in [0.5, 0.6) is 0 Å². The van der Waals surface area contributed by atoms with E-state index in [2.05, 4.69) is 10.6 Å². The Balaban J connectivity index is 1.73. The number of carbonyl (C=O) groups is 2. The quantitative estimate of drug-likeness (QED) is 0.796. The minimum absolute atomic E-state index is 0.0605. The highest BCUT2D eigenvalue weighted by Crippen LogP contribution is 2.13. The van der Waals surface area contributed by atoms with Gasteiger partial charge in [-0.15, -0.1) is 11.8 Å². The number of carbonyl (C=O) groups excluding carboxylic acids is 2. The van der Waals surface area contributed by atoms with Gasteiger partial charge in [-0.3, -0.25) is 9.59 Å². The molecule has 4 nitrogen and oxygen atoms in total. The summed E-state index contributed by atoms with van der Waals surface area (Å²) in [5, 5.41) is 5.47. The summed E-state index contributed by atoms with van der Waals surface area (Å²) < 4.78 is 0. The molecule has 2 N–H and O–H groups in total. The second kappa shape index (κ2) is 9.28. The van der Waals surface area contributed by atoms with Gasteiger partial charge in [0, 0.05) is 12.2 Å². The zero-order valence-corrected chi connectivity index (χ0v) is 15.7. The standard InChI is InChI=1S/C20H24N2O2S/c1-14-7-9-18(10-8-14)22-19(23)13-25-16(3)20(24)21-12-17-6-4-5-15(2)11-17/h4-11,16H,12-13H2,1-3H3,(H,21,24)(H,22,23). The minimum Gasteiger partial charge on any atom is -0.351 e. The number of rotatable bonds is 7. The smallest absolute Gasteiger partial charge is 0.234 e. The maximum Gasteiger partial charge on any atom is 0.234 e. The number of anilines is 1. The second-order valence-corrected chi connectivity index (χ2v) is 7.40. The third kappa shape index (κ3) is 6.63. The molecule has 2 amide bonds. The second-order valence-electron chi connectivity index (χ2n) is 6.07. The first kappa shape index (κ1) is 19.1. The van der Waals surface area contributed by atoms with Crippen LogP contribution in [0.2, 0.25) is 0 Å². The van der Waals surface area contributed by atoms with E-state index in [9.17, 15) is 9.59 Å². The molecule has 0 aliphatic rings. The molecule has 0 aromatic heterocycles. The summed E-state index contributed by atoms with van der Waals surface area (Å²) in [7, 11) is 0. The number of hydrogen-bond donors (Lipinski definition) is 2. The van der Waals surface area contributed by atoms with Crippen LogP contribution in [0.25, 0.3) is 0 Å². The Morgan fingerprint density at radius 1 is 1.04 bits per heavy atom. The van der Waals surface area contributed by atoms with Crippen molar-refractivity contribution in [2.24, 2.45) is 0 Å². The van der Waals surface area contributed by atoms with Crippen LogP contribution in [0.1, 0.15) is 23.6 Å². The van der Waals surface area contributed by atoms with E-state index in [-0.39, 0.29) is 22.8 Å². The van der Waals surface area contributed by atoms with Gasteiger partial charge in [0.05, 0.1) is 11.0 Å². The van der Waals surface area contributed by atoms with Crippen molar-refractivity contribution < 1.29 is 9.59 Å². The molecule has 2 aromatic rings. The number of benzene rings is 2. The lowest BCUT2D eigenvalue weighted by molar-refractivity contribution is -0.120. The van der Waals surface area contributed by atoms with E-state index in [1.165, 1.54) is 17.3 Å². The average molecular weight is 356 g/mol. The normalized spacial score (nSPS) is 11.6. The number of amides is 2. The summed E-state index contributed by atoms with van der Waals surface area (Å²) in [4.78, 5) is 24.1. The van der Waals surface area contributed by atoms with Crippen molar-refractivity contribution in [3.05, 3.63) is 65.2 Å². The summed E-state index contributed by atoms with van der Waals surface area (Å²) in [6, 6.07) is 15.7. The predicted molar refractivity (Wildman–Crippen MR) is 105 cm³/mol. The molecule has 2 rings (SSSR count). The molecule has 2 aromatic carbocycles. The maximum atomic E-state index is 12.1. The third-order valence-corrected chi connectivity index (χ3v) is 4.86. The molecule has 5 heteroatoms. The highest BCUT2D eigenvalue weighted by molar-refractivity contribution is 8.01. The van der Waals surface area contributed by atoms with E-state index in [0.717, 1.165) is 16.8 Å². The van der Waals surface area contributed by atoms with Crippen LogP contribution in [-0.2, 0) is 16.1 Å². The molecular formula is C20H24N2O2S. The van der Waals surface area contributed by atoms with E-state index >= 15 is 0 Å². The summed E-state index contributed by atoms with van der Waals surface area (Å²) in [5.41, 5.74) is 4.16. The van der Waals surface area contributed by atoms with Crippen molar-refractivity contribution in [1.82, 2.24) is 5.32 Å². The Hall–Kier alpha value is -2.27. The van der Waals surface area contributed by atoms with Crippen molar-refractivity contribution in [3.8, 4) is 0 Å². The van der Waals surface area contributed by atoms with Gasteiger partial charge in [-0.05, 0) is 38.5 Å². The van der Waals surface area contributed by atoms with Crippen LogP contribution in [-0.4, -0.2) is 22.8 Å². The van der Waals surface area contributed by atoms with Crippen molar-refractivity contribution >= 4 is 29.3 Å². The molecule has 0 saturated carbocycles. The van der Waals surface area contributed by atoms with Crippen LogP contribution in [0.15, 0.2) is 48.5 Å². The lowest BCUT2D eigenvalue weighted by atomic mass is 10.1. The SMILES string of the molecule is Cc1ccc(NC(=O)CSC(C)C(=O)NCc2cccc(C)c2)cc1. The van der Waals surface area contributed by atoms with E-state index < -0.39 is 0 Å². The first-order valence-corrected chi connectivity index (χ1v) is 9.30. The van der Waals surface area contributed by atoms with Crippen molar-refractivity contribution in [1.29, 1.82) is 0 Å². The summed E-state index contributed by atoms with van der Waals surface area (Å²) >= 11 is 1.33. The third-order valence-electron chi connectivity index (χ3n) is 3.72. The Bertz CT molecular complexity index is 729. The van der Waals surface area contributed by atoms with Gasteiger partial charge >= 0.3 is 0 Å². The molecular weight excluding hydrogens is 332 g/mol. The van der Waals surface area contributed by atoms with Gasteiger partial charge in [-0.25, -0.2) is 0 Å². The van der Waals surface area contributed by atoms with Gasteiger partial charge in [0.1, 0.15) is 0 Å². The Morgan fingerprint density at radius 2 is 1.76 bits per heavy atom. The van der Waals surface area contributed by atoms with E-state index in [1.807, 2.05) is 69.3 Å². The highest BCUT2D eigenvalue weighted by atomic mass is 32.2. The zero-order chi connectivity index (χ0) is 18.2. The van der Waals surface area contributed by atoms with Gasteiger partial charge in [-0.2, -0.15) is 0 Å². The van der Waals surface area contributed by atoms with Gasteiger partial charge in [0.25, 0.3) is 0 Å². The number of hydrogen-bond acceptors (Lipinski definition) is 3. The molecule has 0 heterocycles. The molecule has 0 radical (unpaired) electrons. The van der Waals surface area contributed by atoms with Crippen LogP contribution in [0.4, 0.5) is 5.69 Å². The number of aryl methyl sites for hydroxylation is 2. The average Bonchev–Trinajstić information content (AvgIpc) is 2.59. The minimum atomic E-state index is -0.284. The Morgan fingerprint density at radius 3 is 2.44 bits per heavy atom. The fourth-order valence-electron chi connectivity index (χ4n) is 2.27. The van der Waals surface area contributed by atoms with Crippen molar-refractivity contribution in [2.45, 2.75) is 32.6 Å². The maximum absolute atomic E-state index is 12.1. The summed E-state index contributed by atoms with van der Waals surface area (Å²) in [5.74, 6) is 0.0780. The predicted octanol–water partition coefficient (Wildman–Crippen LogP) is 3.68. The largest absolute Gasteiger partial charge is 0.351 e. The van der Waals surface area contributed by atoms with E-state index in [1.54, 1.807) is 0 Å². The lowest BCUT2D eigenvalue weighted by Crippen LogP contribution is -2.31. The van der Waals surface area contributed by atoms with Crippen molar-refractivity contribution in [3.63, 3.8) is 0 Å². The molecule has 0 bridgehead atoms. The fraction of sp³-hybridized carbons (Fsp3) is 0.300. The highest BCUT2D eigenvalue weighted by Gasteiger charge is 2.15. The van der Waals surface area contributed by atoms with Gasteiger partial charge in [0.15, 0.2) is 0 Å². The molecule has 0 spiro atoms. The molecule has 1 unspecified atom stereocenters. The fourth-order valence-corrected chi connectivity index (χ4v) is 2.97. The van der Waals surface area contributed by atoms with E-state index in [4.69, 9.17) is 0 Å². The zero-order valence-electron chi connectivity index (χ0n) is 14.8. The summed E-state index contributed by atoms with van der Waals surface area (Å²) in [6.07, 6.45) is 0. The molecule has 1 atom stereocenters. The topological polar surface area (TPSA) is 58.2 Å². The Labute approximate surface area is 153 Å². The van der Waals surface area contributed by atoms with Crippen molar-refractivity contribution in [2.75, 3.05) is 11.1 Å². The number of nitrogens with one attached hydrogen (secondary N) is 2. The van der Waals surface area contributed by atoms with Gasteiger partial charge in [-0.1, -0.05) is 47.5 Å². The summed E-state index contributed by atoms with van der Waals surface area (Å²) in [6.45, 7) is 6.34. The molecule has 0 aliphatic carbocycles. The van der Waals surface area contributed by atoms with Gasteiger partial charge in [0.2, 0.25) is 11.8 Å². The van der Waals surface area contributed by atoms with Crippen LogP contribution in [0.3, 0.4) is 0 Å².